The number of hydrogen-bond donors (Lipinski definition) is 3. The molecular weight excluding hydrogens is 545 g/mol. The van der Waals surface area contributed by atoms with Crippen LogP contribution in [-0.2, 0) is 11.3 Å². The minimum absolute atomic E-state index is 0.0371. The maximum Gasteiger partial charge on any atom is 0.280 e. The van der Waals surface area contributed by atoms with Crippen molar-refractivity contribution in [2.45, 2.75) is 96.9 Å². The van der Waals surface area contributed by atoms with E-state index in [-0.39, 0.29) is 23.4 Å². The van der Waals surface area contributed by atoms with Crippen LogP contribution in [0.15, 0.2) is 47.5 Å². The Kier molecular flexibility index (Phi) is 8.95. The summed E-state index contributed by atoms with van der Waals surface area (Å²) in [6.45, 7) is 12.5. The number of aromatic amines is 1. The average Bonchev–Trinajstić information content (AvgIpc) is 3.29. The number of likely N-dealkylation sites (tertiary alicyclic amines) is 1. The van der Waals surface area contributed by atoms with E-state index in [9.17, 15) is 19.1 Å². The van der Waals surface area contributed by atoms with Crippen molar-refractivity contribution >= 4 is 22.8 Å². The van der Waals surface area contributed by atoms with E-state index in [0.717, 1.165) is 69.2 Å². The molecule has 1 aromatic heterocycles. The number of hydrogen-bond acceptors (Lipinski definition) is 4. The SMILES string of the molecule is CC(C)(C)NC(=O)[C@H]1CC[C@@H](n2/c(=N/C(=O)c3ccc(F)cc3)[nH]c3ccc(CN4CCC(C(C)(C)O)CC4)cc32)CC1. The summed E-state index contributed by atoms with van der Waals surface area (Å²) in [5, 5.41) is 13.6. The smallest absolute Gasteiger partial charge is 0.280 e. The highest BCUT2D eigenvalue weighted by Gasteiger charge is 2.32. The molecule has 2 aliphatic rings. The summed E-state index contributed by atoms with van der Waals surface area (Å²) in [7, 11) is 0. The minimum atomic E-state index is -0.653. The maximum absolute atomic E-state index is 13.5. The molecule has 0 atom stereocenters. The van der Waals surface area contributed by atoms with Crippen molar-refractivity contribution in [3.63, 3.8) is 0 Å². The van der Waals surface area contributed by atoms with Crippen LogP contribution < -0.4 is 10.9 Å². The van der Waals surface area contributed by atoms with Gasteiger partial charge in [0.15, 0.2) is 0 Å². The maximum atomic E-state index is 13.5. The lowest BCUT2D eigenvalue weighted by atomic mass is 9.83. The van der Waals surface area contributed by atoms with Crippen LogP contribution in [0.5, 0.6) is 0 Å². The standard InChI is InChI=1S/C34H46FN5O3/c1-33(2,3)38-31(42)24-9-13-27(14-10-24)40-29-20-22(21-39-18-16-25(17-19-39)34(4,5)43)6-15-28(29)36-32(40)37-30(41)23-7-11-26(35)12-8-23/h6-8,11-12,15,20,24-25,27,43H,9-10,13-14,16-19,21H2,1-5H3,(H,38,42)(H,36,37,41)/t24-,27+. The van der Waals surface area contributed by atoms with Crippen molar-refractivity contribution in [2.75, 3.05) is 13.1 Å². The molecule has 0 spiro atoms. The van der Waals surface area contributed by atoms with Crippen LogP contribution in [-0.4, -0.2) is 55.6 Å². The Bertz CT molecular complexity index is 1510. The van der Waals surface area contributed by atoms with Gasteiger partial charge in [0.1, 0.15) is 5.82 Å². The molecule has 3 N–H and O–H groups in total. The zero-order valence-corrected chi connectivity index (χ0v) is 26.1. The van der Waals surface area contributed by atoms with Gasteiger partial charge in [0.2, 0.25) is 11.5 Å². The number of aliphatic hydroxyl groups is 1. The highest BCUT2D eigenvalue weighted by Crippen LogP contribution is 2.34. The van der Waals surface area contributed by atoms with E-state index in [2.05, 4.69) is 43.0 Å². The molecule has 0 radical (unpaired) electrons. The van der Waals surface area contributed by atoms with Crippen molar-refractivity contribution in [1.29, 1.82) is 0 Å². The molecule has 232 valence electrons. The third kappa shape index (κ3) is 7.62. The molecular formula is C34H46FN5O3. The minimum Gasteiger partial charge on any atom is -0.390 e. The lowest BCUT2D eigenvalue weighted by molar-refractivity contribution is -0.127. The number of nitrogens with one attached hydrogen (secondary N) is 2. The summed E-state index contributed by atoms with van der Waals surface area (Å²) in [5.41, 5.74) is 2.92. The Morgan fingerprint density at radius 1 is 0.977 bits per heavy atom. The molecule has 1 aliphatic carbocycles. The molecule has 1 aliphatic heterocycles. The van der Waals surface area contributed by atoms with Crippen LogP contribution in [0.4, 0.5) is 4.39 Å². The predicted molar refractivity (Wildman–Crippen MR) is 166 cm³/mol. The lowest BCUT2D eigenvalue weighted by Crippen LogP contribution is -2.44. The van der Waals surface area contributed by atoms with Crippen LogP contribution in [0.3, 0.4) is 0 Å². The first-order valence-corrected chi connectivity index (χ1v) is 15.6. The van der Waals surface area contributed by atoms with Crippen molar-refractivity contribution in [3.05, 3.63) is 65.0 Å². The molecule has 5 rings (SSSR count). The molecule has 0 unspecified atom stereocenters. The molecule has 0 bridgehead atoms. The molecule has 1 saturated carbocycles. The third-order valence-corrected chi connectivity index (χ3v) is 9.02. The predicted octanol–water partition coefficient (Wildman–Crippen LogP) is 5.48. The largest absolute Gasteiger partial charge is 0.390 e. The number of benzene rings is 2. The second-order valence-corrected chi connectivity index (χ2v) is 14.0. The van der Waals surface area contributed by atoms with E-state index >= 15 is 0 Å². The number of carbonyl (C=O) groups excluding carboxylic acids is 2. The van der Waals surface area contributed by atoms with Gasteiger partial charge in [-0.3, -0.25) is 14.5 Å². The van der Waals surface area contributed by atoms with Crippen LogP contribution in [0.2, 0.25) is 0 Å². The van der Waals surface area contributed by atoms with Gasteiger partial charge in [-0.2, -0.15) is 4.99 Å². The average molecular weight is 592 g/mol. The molecule has 8 nitrogen and oxygen atoms in total. The molecule has 2 amide bonds. The number of halogens is 1. The molecule has 2 aromatic carbocycles. The first-order valence-electron chi connectivity index (χ1n) is 15.6. The summed E-state index contributed by atoms with van der Waals surface area (Å²) >= 11 is 0. The number of nitrogens with zero attached hydrogens (tertiary/aromatic N) is 3. The summed E-state index contributed by atoms with van der Waals surface area (Å²) in [6, 6.07) is 11.9. The van der Waals surface area contributed by atoms with Gasteiger partial charge < -0.3 is 20.0 Å². The number of carbonyl (C=O) groups is 2. The summed E-state index contributed by atoms with van der Waals surface area (Å²) in [6.07, 6.45) is 5.04. The number of H-pyrrole nitrogens is 1. The fourth-order valence-corrected chi connectivity index (χ4v) is 6.60. The van der Waals surface area contributed by atoms with Gasteiger partial charge in [-0.25, -0.2) is 4.39 Å². The molecule has 3 aromatic rings. The van der Waals surface area contributed by atoms with Crippen molar-refractivity contribution in [2.24, 2.45) is 16.8 Å². The van der Waals surface area contributed by atoms with Gasteiger partial charge in [0, 0.05) is 29.6 Å². The van der Waals surface area contributed by atoms with Crippen LogP contribution in [0.1, 0.15) is 95.1 Å². The first-order chi connectivity index (χ1) is 20.3. The topological polar surface area (TPSA) is 103 Å². The number of aromatic nitrogens is 2. The number of rotatable bonds is 6. The Labute approximate surface area is 253 Å². The number of fused-ring (bicyclic) bond motifs is 1. The van der Waals surface area contributed by atoms with Crippen molar-refractivity contribution in [1.82, 2.24) is 19.8 Å². The van der Waals surface area contributed by atoms with E-state index < -0.39 is 17.3 Å². The normalized spacial score (nSPS) is 21.3. The molecule has 2 heterocycles. The third-order valence-electron chi connectivity index (χ3n) is 9.02. The highest BCUT2D eigenvalue weighted by atomic mass is 19.1. The zero-order chi connectivity index (χ0) is 30.9. The van der Waals surface area contributed by atoms with E-state index in [1.807, 2.05) is 34.6 Å². The van der Waals surface area contributed by atoms with Crippen molar-refractivity contribution in [3.8, 4) is 0 Å². The molecule has 43 heavy (non-hydrogen) atoms. The molecule has 2 fully saturated rings. The molecule has 1 saturated heterocycles. The number of piperidine rings is 1. The summed E-state index contributed by atoms with van der Waals surface area (Å²) in [4.78, 5) is 36.3. The van der Waals surface area contributed by atoms with Crippen LogP contribution in [0.25, 0.3) is 11.0 Å². The van der Waals surface area contributed by atoms with Gasteiger partial charge >= 0.3 is 0 Å². The van der Waals surface area contributed by atoms with Crippen molar-refractivity contribution < 1.29 is 19.1 Å². The van der Waals surface area contributed by atoms with E-state index in [4.69, 9.17) is 0 Å². The fraction of sp³-hybridized carbons (Fsp3) is 0.559. The highest BCUT2D eigenvalue weighted by molar-refractivity contribution is 5.95. The van der Waals surface area contributed by atoms with Gasteiger partial charge in [-0.15, -0.1) is 0 Å². The van der Waals surface area contributed by atoms with Crippen LogP contribution in [0, 0.1) is 17.7 Å². The van der Waals surface area contributed by atoms with Gasteiger partial charge in [0.05, 0.1) is 16.6 Å². The number of amides is 2. The van der Waals surface area contributed by atoms with E-state index in [1.165, 1.54) is 29.8 Å². The first kappa shape index (κ1) is 31.1. The monoisotopic (exact) mass is 591 g/mol. The fourth-order valence-electron chi connectivity index (χ4n) is 6.60. The Morgan fingerprint density at radius 3 is 2.23 bits per heavy atom. The second-order valence-electron chi connectivity index (χ2n) is 14.0. The Hall–Kier alpha value is -3.30. The quantitative estimate of drug-likeness (QED) is 0.353. The summed E-state index contributed by atoms with van der Waals surface area (Å²) in [5.74, 6) is -0.469. The zero-order valence-electron chi connectivity index (χ0n) is 26.1. The molecule has 9 heteroatoms. The summed E-state index contributed by atoms with van der Waals surface area (Å²) < 4.78 is 15.6. The van der Waals surface area contributed by atoms with Gasteiger partial charge in [-0.1, -0.05) is 6.07 Å². The van der Waals surface area contributed by atoms with E-state index in [0.29, 0.717) is 17.1 Å². The van der Waals surface area contributed by atoms with E-state index in [1.54, 1.807) is 0 Å². The van der Waals surface area contributed by atoms with Crippen LogP contribution >= 0.6 is 0 Å². The Balaban J connectivity index is 1.43. The second kappa shape index (κ2) is 12.4. The Morgan fingerprint density at radius 2 is 1.63 bits per heavy atom. The van der Waals surface area contributed by atoms with Gasteiger partial charge in [0.25, 0.3) is 5.91 Å². The van der Waals surface area contributed by atoms with Gasteiger partial charge in [-0.05, 0) is 134 Å². The lowest BCUT2D eigenvalue weighted by Gasteiger charge is -2.37. The number of imidazole rings is 1.